The summed E-state index contributed by atoms with van der Waals surface area (Å²) in [6, 6.07) is 9.21. The molecule has 0 bridgehead atoms. The predicted molar refractivity (Wildman–Crippen MR) is 96.3 cm³/mol. The molecular weight excluding hydrogens is 318 g/mol. The molecule has 0 radical (unpaired) electrons. The number of aromatic nitrogens is 2. The smallest absolute Gasteiger partial charge is 0.229 e. The first-order valence-corrected chi connectivity index (χ1v) is 8.23. The predicted octanol–water partition coefficient (Wildman–Crippen LogP) is 2.01. The van der Waals surface area contributed by atoms with Crippen molar-refractivity contribution in [3.63, 3.8) is 0 Å². The average Bonchev–Trinajstić information content (AvgIpc) is 2.61. The minimum absolute atomic E-state index is 0.0162. The highest BCUT2D eigenvalue weighted by molar-refractivity contribution is 5.95. The molecule has 0 unspecified atom stereocenters. The number of carbonyl (C=O) groups is 2. The topological polar surface area (TPSA) is 78.4 Å². The van der Waals surface area contributed by atoms with Gasteiger partial charge in [-0.05, 0) is 26.0 Å². The van der Waals surface area contributed by atoms with Crippen LogP contribution >= 0.6 is 0 Å². The number of hydrogen-bond donors (Lipinski definition) is 1. The van der Waals surface area contributed by atoms with Gasteiger partial charge in [-0.25, -0.2) is 4.98 Å². The van der Waals surface area contributed by atoms with Gasteiger partial charge in [-0.15, -0.1) is 0 Å². The van der Waals surface area contributed by atoms with E-state index in [1.54, 1.807) is 24.0 Å². The fourth-order valence-electron chi connectivity index (χ4n) is 2.77. The van der Waals surface area contributed by atoms with E-state index in [9.17, 15) is 9.59 Å². The van der Waals surface area contributed by atoms with E-state index < -0.39 is 0 Å². The summed E-state index contributed by atoms with van der Waals surface area (Å²) in [6.45, 7) is 6.33. The zero-order valence-electron chi connectivity index (χ0n) is 14.4. The summed E-state index contributed by atoms with van der Waals surface area (Å²) in [6.07, 6.45) is 0.886. The molecule has 1 aromatic carbocycles. The number of carbonyl (C=O) groups excluding carboxylic acids is 2. The second-order valence-corrected chi connectivity index (χ2v) is 6.08. The van der Waals surface area contributed by atoms with Gasteiger partial charge in [0.25, 0.3) is 0 Å². The first-order chi connectivity index (χ1) is 12.0. The highest BCUT2D eigenvalue weighted by Gasteiger charge is 2.17. The molecule has 3 rings (SSSR count). The fourth-order valence-corrected chi connectivity index (χ4v) is 2.77. The number of amides is 1. The van der Waals surface area contributed by atoms with Crippen molar-refractivity contribution >= 4 is 29.6 Å². The Bertz CT molecular complexity index is 785. The van der Waals surface area contributed by atoms with Crippen molar-refractivity contribution in [3.05, 3.63) is 41.6 Å². The normalized spacial score (nSPS) is 14.3. The molecule has 25 heavy (non-hydrogen) atoms. The van der Waals surface area contributed by atoms with Gasteiger partial charge in [0.15, 0.2) is 5.78 Å². The van der Waals surface area contributed by atoms with Gasteiger partial charge in [-0.3, -0.25) is 9.59 Å². The highest BCUT2D eigenvalue weighted by atomic mass is 16.1. The summed E-state index contributed by atoms with van der Waals surface area (Å²) in [4.78, 5) is 35.3. The van der Waals surface area contributed by atoms with Crippen LogP contribution in [0, 0.1) is 6.92 Å². The van der Waals surface area contributed by atoms with Crippen LogP contribution in [-0.4, -0.2) is 53.2 Å². The van der Waals surface area contributed by atoms with Crippen molar-refractivity contribution in [2.24, 2.45) is 0 Å². The SMILES string of the molecule is CC(=O)c1cccc(Nc2nc(C)cc(N3CCN(C=O)CC3)n2)c1. The number of Topliss-reactive ketones (excluding diaryl/α,β-unsaturated/α-hetero) is 1. The maximum Gasteiger partial charge on any atom is 0.229 e. The second kappa shape index (κ2) is 7.29. The minimum Gasteiger partial charge on any atom is -0.353 e. The molecule has 1 amide bonds. The van der Waals surface area contributed by atoms with Crippen molar-refractivity contribution < 1.29 is 9.59 Å². The van der Waals surface area contributed by atoms with E-state index in [1.807, 2.05) is 25.1 Å². The van der Waals surface area contributed by atoms with E-state index >= 15 is 0 Å². The maximum absolute atomic E-state index is 11.5. The number of rotatable bonds is 5. The summed E-state index contributed by atoms with van der Waals surface area (Å²) in [5.41, 5.74) is 2.27. The van der Waals surface area contributed by atoms with E-state index in [4.69, 9.17) is 0 Å². The molecule has 1 aliphatic rings. The third-order valence-corrected chi connectivity index (χ3v) is 4.15. The van der Waals surface area contributed by atoms with Gasteiger partial charge < -0.3 is 15.1 Å². The third kappa shape index (κ3) is 4.12. The Kier molecular flexibility index (Phi) is 4.92. The van der Waals surface area contributed by atoms with E-state index in [2.05, 4.69) is 20.2 Å². The number of hydrogen-bond acceptors (Lipinski definition) is 6. The first kappa shape index (κ1) is 16.9. The molecule has 1 fully saturated rings. The van der Waals surface area contributed by atoms with Crippen molar-refractivity contribution in [3.8, 4) is 0 Å². The largest absolute Gasteiger partial charge is 0.353 e. The lowest BCUT2D eigenvalue weighted by Crippen LogP contribution is -2.46. The summed E-state index contributed by atoms with van der Waals surface area (Å²) in [5.74, 6) is 1.35. The van der Waals surface area contributed by atoms with Gasteiger partial charge in [0.05, 0.1) is 0 Å². The number of nitrogens with one attached hydrogen (secondary N) is 1. The quantitative estimate of drug-likeness (QED) is 0.663. The average molecular weight is 339 g/mol. The van der Waals surface area contributed by atoms with Gasteiger partial charge in [-0.1, -0.05) is 12.1 Å². The fraction of sp³-hybridized carbons (Fsp3) is 0.333. The Morgan fingerprint density at radius 2 is 1.92 bits per heavy atom. The Hall–Kier alpha value is -2.96. The molecule has 7 heteroatoms. The van der Waals surface area contributed by atoms with Crippen LogP contribution in [0.15, 0.2) is 30.3 Å². The molecule has 1 saturated heterocycles. The van der Waals surface area contributed by atoms with Crippen LogP contribution in [0.4, 0.5) is 17.5 Å². The molecule has 1 aromatic heterocycles. The van der Waals surface area contributed by atoms with Crippen LogP contribution in [0.3, 0.4) is 0 Å². The molecule has 2 aromatic rings. The molecule has 0 aliphatic carbocycles. The molecular formula is C18H21N5O2. The van der Waals surface area contributed by atoms with Crippen molar-refractivity contribution in [1.82, 2.24) is 14.9 Å². The Balaban J connectivity index is 1.79. The number of anilines is 3. The molecule has 2 heterocycles. The summed E-state index contributed by atoms with van der Waals surface area (Å²) >= 11 is 0. The lowest BCUT2D eigenvalue weighted by atomic mass is 10.1. The molecule has 7 nitrogen and oxygen atoms in total. The van der Waals surface area contributed by atoms with Gasteiger partial charge in [0.2, 0.25) is 12.4 Å². The zero-order chi connectivity index (χ0) is 17.8. The third-order valence-electron chi connectivity index (χ3n) is 4.15. The molecule has 1 aliphatic heterocycles. The number of aryl methyl sites for hydroxylation is 1. The molecule has 0 spiro atoms. The standard InChI is InChI=1S/C18H21N5O2/c1-13-10-17(23-8-6-22(12-24)7-9-23)21-18(19-13)20-16-5-3-4-15(11-16)14(2)25/h3-5,10-12H,6-9H2,1-2H3,(H,19,20,21). The van der Waals surface area contributed by atoms with Gasteiger partial charge >= 0.3 is 0 Å². The number of nitrogens with zero attached hydrogens (tertiary/aromatic N) is 4. The van der Waals surface area contributed by atoms with Gasteiger partial charge in [0, 0.05) is 49.2 Å². The van der Waals surface area contributed by atoms with Crippen LogP contribution in [-0.2, 0) is 4.79 Å². The van der Waals surface area contributed by atoms with Crippen LogP contribution in [0.5, 0.6) is 0 Å². The maximum atomic E-state index is 11.5. The van der Waals surface area contributed by atoms with E-state index in [0.717, 1.165) is 36.7 Å². The van der Waals surface area contributed by atoms with E-state index in [-0.39, 0.29) is 5.78 Å². The number of piperazine rings is 1. The highest BCUT2D eigenvalue weighted by Crippen LogP contribution is 2.20. The van der Waals surface area contributed by atoms with E-state index in [1.165, 1.54) is 0 Å². The zero-order valence-corrected chi connectivity index (χ0v) is 14.4. The lowest BCUT2D eigenvalue weighted by molar-refractivity contribution is -0.118. The first-order valence-electron chi connectivity index (χ1n) is 8.23. The Morgan fingerprint density at radius 1 is 1.16 bits per heavy atom. The number of benzene rings is 1. The molecule has 0 saturated carbocycles. The molecule has 0 atom stereocenters. The Labute approximate surface area is 146 Å². The van der Waals surface area contributed by atoms with E-state index in [0.29, 0.717) is 24.6 Å². The monoisotopic (exact) mass is 339 g/mol. The van der Waals surface area contributed by atoms with Gasteiger partial charge in [-0.2, -0.15) is 4.98 Å². The Morgan fingerprint density at radius 3 is 2.60 bits per heavy atom. The van der Waals surface area contributed by atoms with Crippen LogP contribution in [0.1, 0.15) is 23.0 Å². The van der Waals surface area contributed by atoms with Crippen LogP contribution in [0.2, 0.25) is 0 Å². The summed E-state index contributed by atoms with van der Waals surface area (Å²) < 4.78 is 0. The summed E-state index contributed by atoms with van der Waals surface area (Å²) in [5, 5.41) is 3.17. The summed E-state index contributed by atoms with van der Waals surface area (Å²) in [7, 11) is 0. The van der Waals surface area contributed by atoms with Crippen molar-refractivity contribution in [2.75, 3.05) is 36.4 Å². The van der Waals surface area contributed by atoms with Crippen molar-refractivity contribution in [1.29, 1.82) is 0 Å². The second-order valence-electron chi connectivity index (χ2n) is 6.08. The van der Waals surface area contributed by atoms with Crippen LogP contribution < -0.4 is 10.2 Å². The van der Waals surface area contributed by atoms with Gasteiger partial charge in [0.1, 0.15) is 5.82 Å². The van der Waals surface area contributed by atoms with Crippen LogP contribution in [0.25, 0.3) is 0 Å². The number of ketones is 1. The lowest BCUT2D eigenvalue weighted by Gasteiger charge is -2.33. The molecule has 130 valence electrons. The van der Waals surface area contributed by atoms with Crippen molar-refractivity contribution in [2.45, 2.75) is 13.8 Å². The minimum atomic E-state index is 0.0162. The molecule has 1 N–H and O–H groups in total.